The number of carbonyl (C=O) groups excluding carboxylic acids is 2. The van der Waals surface area contributed by atoms with Gasteiger partial charge in [-0.1, -0.05) is 33.8 Å². The summed E-state index contributed by atoms with van der Waals surface area (Å²) in [5.74, 6) is -0.479. The summed E-state index contributed by atoms with van der Waals surface area (Å²) in [7, 11) is -3.58. The largest absolute Gasteiger partial charge is 0.325 e. The summed E-state index contributed by atoms with van der Waals surface area (Å²) in [6.07, 6.45) is 7.01. The van der Waals surface area contributed by atoms with Crippen molar-refractivity contribution in [2.45, 2.75) is 32.6 Å². The molecular formula is C23H27N3O4S. The molecule has 1 unspecified atom stereocenters. The Balaban J connectivity index is 1.82. The lowest BCUT2D eigenvalue weighted by Crippen LogP contribution is -2.34. The molecule has 0 saturated heterocycles. The zero-order valence-electron chi connectivity index (χ0n) is 18.1. The number of hydrogen-bond donors (Lipinski definition) is 1. The van der Waals surface area contributed by atoms with E-state index in [9.17, 15) is 18.0 Å². The molecule has 0 aromatic heterocycles. The number of carbonyl (C=O) groups is 2. The smallest absolute Gasteiger partial charge is 0.277 e. The Morgan fingerprint density at radius 1 is 1.13 bits per heavy atom. The van der Waals surface area contributed by atoms with Gasteiger partial charge >= 0.3 is 0 Å². The molecular weight excluding hydrogens is 414 g/mol. The molecule has 8 heteroatoms. The zero-order valence-corrected chi connectivity index (χ0v) is 18.9. The molecule has 0 spiro atoms. The SMILES string of the molecule is CCN(CC)S(=O)(=O)c1ccc(C(=O)N=C2C=CC3C(=C2)NC(=O)C=C3C(C)C)cc1. The van der Waals surface area contributed by atoms with Gasteiger partial charge in [-0.25, -0.2) is 13.4 Å². The summed E-state index contributed by atoms with van der Waals surface area (Å²) in [4.78, 5) is 28.9. The average Bonchev–Trinajstić information content (AvgIpc) is 2.73. The lowest BCUT2D eigenvalue weighted by atomic mass is 9.82. The first-order chi connectivity index (χ1) is 14.7. The molecule has 2 aliphatic rings. The number of fused-ring (bicyclic) bond motifs is 1. The normalized spacial score (nSPS) is 19.9. The Labute approximate surface area is 183 Å². The number of sulfonamides is 1. The predicted molar refractivity (Wildman–Crippen MR) is 120 cm³/mol. The molecule has 1 atom stereocenters. The van der Waals surface area contributed by atoms with Crippen LogP contribution in [0.3, 0.4) is 0 Å². The van der Waals surface area contributed by atoms with Crippen LogP contribution in [0, 0.1) is 11.8 Å². The Bertz CT molecular complexity index is 1110. The van der Waals surface area contributed by atoms with Crippen molar-refractivity contribution in [2.75, 3.05) is 13.1 Å². The van der Waals surface area contributed by atoms with Crippen LogP contribution in [0.1, 0.15) is 38.1 Å². The van der Waals surface area contributed by atoms with Gasteiger partial charge in [-0.2, -0.15) is 4.31 Å². The molecule has 0 fully saturated rings. The summed E-state index contributed by atoms with van der Waals surface area (Å²) < 4.78 is 26.5. The van der Waals surface area contributed by atoms with E-state index in [1.54, 1.807) is 32.1 Å². The van der Waals surface area contributed by atoms with Crippen molar-refractivity contribution >= 4 is 27.5 Å². The van der Waals surface area contributed by atoms with Crippen LogP contribution in [0.25, 0.3) is 0 Å². The van der Waals surface area contributed by atoms with Gasteiger partial charge in [-0.3, -0.25) is 9.59 Å². The van der Waals surface area contributed by atoms with E-state index >= 15 is 0 Å². The van der Waals surface area contributed by atoms with Crippen LogP contribution >= 0.6 is 0 Å². The van der Waals surface area contributed by atoms with Gasteiger partial charge in [0.2, 0.25) is 15.9 Å². The highest BCUT2D eigenvalue weighted by Gasteiger charge is 2.28. The average molecular weight is 442 g/mol. The lowest BCUT2D eigenvalue weighted by molar-refractivity contribution is -0.116. The van der Waals surface area contributed by atoms with Crippen LogP contribution in [0.4, 0.5) is 0 Å². The molecule has 31 heavy (non-hydrogen) atoms. The first-order valence-electron chi connectivity index (χ1n) is 10.3. The molecule has 2 amide bonds. The molecule has 0 saturated carbocycles. The van der Waals surface area contributed by atoms with Crippen molar-refractivity contribution in [3.63, 3.8) is 0 Å². The number of amides is 2. The molecule has 0 bridgehead atoms. The van der Waals surface area contributed by atoms with E-state index in [1.807, 2.05) is 19.9 Å². The third-order valence-corrected chi connectivity index (χ3v) is 7.43. The first-order valence-corrected chi connectivity index (χ1v) is 11.8. The van der Waals surface area contributed by atoms with Crippen molar-refractivity contribution < 1.29 is 18.0 Å². The molecule has 3 rings (SSSR count). The quantitative estimate of drug-likeness (QED) is 0.734. The van der Waals surface area contributed by atoms with Crippen LogP contribution in [0.2, 0.25) is 0 Å². The Kier molecular flexibility index (Phi) is 6.71. The molecule has 1 aliphatic carbocycles. The summed E-state index contributed by atoms with van der Waals surface area (Å²) >= 11 is 0. The molecule has 1 heterocycles. The number of nitrogens with zero attached hydrogens (tertiary/aromatic N) is 2. The topological polar surface area (TPSA) is 95.9 Å². The maximum Gasteiger partial charge on any atom is 0.277 e. The fraction of sp³-hybridized carbons (Fsp3) is 0.348. The van der Waals surface area contributed by atoms with E-state index in [2.05, 4.69) is 10.3 Å². The Morgan fingerprint density at radius 3 is 2.35 bits per heavy atom. The standard InChI is InChI=1S/C23H27N3O4S/c1-5-26(6-2)31(29,30)18-10-7-16(8-11-18)23(28)24-17-9-12-19-20(15(3)4)14-22(27)25-21(19)13-17/h7-15,19H,5-6H2,1-4H3,(H,25,27). The second kappa shape index (κ2) is 9.11. The van der Waals surface area contributed by atoms with Gasteiger partial charge in [0.15, 0.2) is 0 Å². The third kappa shape index (κ3) is 4.75. The van der Waals surface area contributed by atoms with E-state index in [0.29, 0.717) is 24.5 Å². The molecule has 0 radical (unpaired) electrons. The van der Waals surface area contributed by atoms with Gasteiger partial charge in [-0.15, -0.1) is 0 Å². The van der Waals surface area contributed by atoms with Gasteiger partial charge in [0.05, 0.1) is 10.6 Å². The number of allylic oxidation sites excluding steroid dienone is 3. The minimum atomic E-state index is -3.58. The highest BCUT2D eigenvalue weighted by molar-refractivity contribution is 7.89. The molecule has 164 valence electrons. The second-order valence-electron chi connectivity index (χ2n) is 7.68. The van der Waals surface area contributed by atoms with Crippen LogP contribution in [-0.2, 0) is 14.8 Å². The summed E-state index contributed by atoms with van der Waals surface area (Å²) in [5.41, 5.74) is 2.43. The zero-order chi connectivity index (χ0) is 22.8. The predicted octanol–water partition coefficient (Wildman–Crippen LogP) is 3.08. The molecule has 1 aliphatic heterocycles. The number of rotatable bonds is 6. The van der Waals surface area contributed by atoms with Crippen molar-refractivity contribution in [3.05, 3.63) is 65.4 Å². The number of aliphatic imine (C=N–C) groups is 1. The number of benzene rings is 1. The van der Waals surface area contributed by atoms with Gasteiger partial charge < -0.3 is 5.32 Å². The third-order valence-electron chi connectivity index (χ3n) is 5.36. The highest BCUT2D eigenvalue weighted by Crippen LogP contribution is 2.31. The van der Waals surface area contributed by atoms with Crippen LogP contribution in [-0.4, -0.2) is 43.3 Å². The van der Waals surface area contributed by atoms with Gasteiger partial charge in [0, 0.05) is 36.3 Å². The number of hydrogen-bond acceptors (Lipinski definition) is 4. The van der Waals surface area contributed by atoms with Crippen molar-refractivity contribution in [1.82, 2.24) is 9.62 Å². The first kappa shape index (κ1) is 22.8. The van der Waals surface area contributed by atoms with E-state index in [1.165, 1.54) is 28.6 Å². The minimum Gasteiger partial charge on any atom is -0.325 e. The van der Waals surface area contributed by atoms with Crippen molar-refractivity contribution in [2.24, 2.45) is 16.8 Å². The minimum absolute atomic E-state index is 0.0312. The summed E-state index contributed by atoms with van der Waals surface area (Å²) in [6.45, 7) is 8.37. The fourth-order valence-electron chi connectivity index (χ4n) is 3.68. The Morgan fingerprint density at radius 2 is 1.77 bits per heavy atom. The molecule has 1 N–H and O–H groups in total. The van der Waals surface area contributed by atoms with Crippen LogP contribution < -0.4 is 5.32 Å². The van der Waals surface area contributed by atoms with Crippen molar-refractivity contribution in [1.29, 1.82) is 0 Å². The lowest BCUT2D eigenvalue weighted by Gasteiger charge is -2.29. The fourth-order valence-corrected chi connectivity index (χ4v) is 5.14. The molecule has 1 aromatic rings. The van der Waals surface area contributed by atoms with E-state index in [-0.39, 0.29) is 28.2 Å². The van der Waals surface area contributed by atoms with Gasteiger partial charge in [0.25, 0.3) is 5.91 Å². The summed E-state index contributed by atoms with van der Waals surface area (Å²) in [5, 5.41) is 2.82. The molecule has 1 aromatic carbocycles. The van der Waals surface area contributed by atoms with E-state index in [0.717, 1.165) is 5.57 Å². The highest BCUT2D eigenvalue weighted by atomic mass is 32.2. The van der Waals surface area contributed by atoms with E-state index in [4.69, 9.17) is 0 Å². The van der Waals surface area contributed by atoms with Gasteiger partial charge in [0.1, 0.15) is 0 Å². The Hall–Kier alpha value is -2.84. The van der Waals surface area contributed by atoms with Crippen LogP contribution in [0.15, 0.2) is 69.7 Å². The second-order valence-corrected chi connectivity index (χ2v) is 9.62. The maximum atomic E-state index is 12.6. The molecule has 7 nitrogen and oxygen atoms in total. The van der Waals surface area contributed by atoms with Crippen LogP contribution in [0.5, 0.6) is 0 Å². The van der Waals surface area contributed by atoms with E-state index < -0.39 is 15.9 Å². The van der Waals surface area contributed by atoms with Gasteiger partial charge in [-0.05, 0) is 47.9 Å². The summed E-state index contributed by atoms with van der Waals surface area (Å²) in [6, 6.07) is 5.78. The monoisotopic (exact) mass is 441 g/mol. The number of nitrogens with one attached hydrogen (secondary N) is 1. The van der Waals surface area contributed by atoms with Crippen molar-refractivity contribution in [3.8, 4) is 0 Å². The maximum absolute atomic E-state index is 12.6.